The first-order chi connectivity index (χ1) is 16.7. The molecule has 1 aliphatic heterocycles. The fourth-order valence-electron chi connectivity index (χ4n) is 4.59. The molecular formula is C28H26N6. The van der Waals surface area contributed by atoms with Crippen molar-refractivity contribution in [2.24, 2.45) is 0 Å². The zero-order valence-electron chi connectivity index (χ0n) is 19.3. The Balaban J connectivity index is 1.62. The third kappa shape index (κ3) is 4.30. The number of rotatable bonds is 4. The number of benzene rings is 2. The van der Waals surface area contributed by atoms with E-state index in [1.165, 1.54) is 0 Å². The van der Waals surface area contributed by atoms with Crippen LogP contribution in [0.15, 0.2) is 60.8 Å². The SMILES string of the molecule is Cc1cc(-c2ccc3nc(-c4ccc(C#N)cc4)c(CN4CCCNCC4)n3c2)ccc1C#N. The summed E-state index contributed by atoms with van der Waals surface area (Å²) < 4.78 is 2.20. The predicted octanol–water partition coefficient (Wildman–Crippen LogP) is 4.52. The molecule has 2 aromatic heterocycles. The Kier molecular flexibility index (Phi) is 6.10. The molecule has 1 aliphatic rings. The van der Waals surface area contributed by atoms with Crippen molar-refractivity contribution in [1.29, 1.82) is 10.5 Å². The number of hydrogen-bond donors (Lipinski definition) is 1. The Morgan fingerprint density at radius 1 is 0.912 bits per heavy atom. The van der Waals surface area contributed by atoms with E-state index >= 15 is 0 Å². The van der Waals surface area contributed by atoms with Gasteiger partial charge in [0.05, 0.1) is 34.7 Å². The van der Waals surface area contributed by atoms with Crippen LogP contribution in [-0.4, -0.2) is 40.5 Å². The molecule has 2 aromatic carbocycles. The molecule has 3 heterocycles. The van der Waals surface area contributed by atoms with Gasteiger partial charge in [-0.15, -0.1) is 0 Å². The van der Waals surface area contributed by atoms with Crippen molar-refractivity contribution >= 4 is 5.65 Å². The van der Waals surface area contributed by atoms with Gasteiger partial charge in [0.25, 0.3) is 0 Å². The number of imidazole rings is 1. The second-order valence-electron chi connectivity index (χ2n) is 8.76. The van der Waals surface area contributed by atoms with Crippen LogP contribution in [0.25, 0.3) is 28.0 Å². The highest BCUT2D eigenvalue weighted by Crippen LogP contribution is 2.29. The highest BCUT2D eigenvalue weighted by atomic mass is 15.2. The van der Waals surface area contributed by atoms with Crippen molar-refractivity contribution in [3.63, 3.8) is 0 Å². The van der Waals surface area contributed by atoms with E-state index in [0.29, 0.717) is 11.1 Å². The summed E-state index contributed by atoms with van der Waals surface area (Å²) in [5.74, 6) is 0. The molecule has 6 heteroatoms. The number of nitrogens with one attached hydrogen (secondary N) is 1. The van der Waals surface area contributed by atoms with Gasteiger partial charge in [-0.25, -0.2) is 4.98 Å². The van der Waals surface area contributed by atoms with Crippen LogP contribution in [0.3, 0.4) is 0 Å². The Bertz CT molecular complexity index is 1410. The highest BCUT2D eigenvalue weighted by molar-refractivity contribution is 5.71. The van der Waals surface area contributed by atoms with Crippen LogP contribution in [0, 0.1) is 29.6 Å². The molecule has 1 N–H and O–H groups in total. The van der Waals surface area contributed by atoms with E-state index in [1.54, 1.807) is 0 Å². The zero-order chi connectivity index (χ0) is 23.5. The Morgan fingerprint density at radius 2 is 1.71 bits per heavy atom. The molecule has 1 fully saturated rings. The summed E-state index contributed by atoms with van der Waals surface area (Å²) in [5, 5.41) is 22.0. The van der Waals surface area contributed by atoms with E-state index in [9.17, 15) is 10.5 Å². The second kappa shape index (κ2) is 9.49. The van der Waals surface area contributed by atoms with Gasteiger partial charge in [0.15, 0.2) is 0 Å². The molecule has 1 saturated heterocycles. The minimum absolute atomic E-state index is 0.645. The molecule has 0 aliphatic carbocycles. The number of fused-ring (bicyclic) bond motifs is 1. The number of hydrogen-bond acceptors (Lipinski definition) is 5. The van der Waals surface area contributed by atoms with Crippen LogP contribution < -0.4 is 5.32 Å². The number of nitriles is 2. The lowest BCUT2D eigenvalue weighted by Gasteiger charge is -2.20. The van der Waals surface area contributed by atoms with Gasteiger partial charge in [0.1, 0.15) is 5.65 Å². The maximum absolute atomic E-state index is 9.29. The van der Waals surface area contributed by atoms with Gasteiger partial charge in [-0.3, -0.25) is 4.90 Å². The molecule has 0 spiro atoms. The highest BCUT2D eigenvalue weighted by Gasteiger charge is 2.19. The Morgan fingerprint density at radius 3 is 2.47 bits per heavy atom. The summed E-state index contributed by atoms with van der Waals surface area (Å²) in [6, 6.07) is 22.2. The van der Waals surface area contributed by atoms with E-state index in [2.05, 4.69) is 51.2 Å². The molecule has 4 aromatic rings. The van der Waals surface area contributed by atoms with Crippen LogP contribution in [0.2, 0.25) is 0 Å². The molecule has 0 saturated carbocycles. The van der Waals surface area contributed by atoms with Crippen molar-refractivity contribution in [2.75, 3.05) is 26.2 Å². The van der Waals surface area contributed by atoms with Crippen molar-refractivity contribution in [1.82, 2.24) is 19.6 Å². The number of pyridine rings is 1. The predicted molar refractivity (Wildman–Crippen MR) is 133 cm³/mol. The van der Waals surface area contributed by atoms with Gasteiger partial charge in [0.2, 0.25) is 0 Å². The second-order valence-corrected chi connectivity index (χ2v) is 8.76. The van der Waals surface area contributed by atoms with Crippen LogP contribution in [0.5, 0.6) is 0 Å². The third-order valence-corrected chi connectivity index (χ3v) is 6.49. The van der Waals surface area contributed by atoms with Gasteiger partial charge < -0.3 is 9.72 Å². The maximum Gasteiger partial charge on any atom is 0.137 e. The lowest BCUT2D eigenvalue weighted by molar-refractivity contribution is 0.281. The maximum atomic E-state index is 9.29. The van der Waals surface area contributed by atoms with Crippen molar-refractivity contribution in [3.05, 3.63) is 83.2 Å². The van der Waals surface area contributed by atoms with E-state index < -0.39 is 0 Å². The van der Waals surface area contributed by atoms with Gasteiger partial charge in [-0.1, -0.05) is 24.3 Å². The zero-order valence-corrected chi connectivity index (χ0v) is 19.3. The number of nitrogens with zero attached hydrogens (tertiary/aromatic N) is 5. The van der Waals surface area contributed by atoms with Gasteiger partial charge in [-0.05, 0) is 73.5 Å². The lowest BCUT2D eigenvalue weighted by Crippen LogP contribution is -2.28. The summed E-state index contributed by atoms with van der Waals surface area (Å²) in [6.45, 7) is 6.84. The first-order valence-corrected chi connectivity index (χ1v) is 11.6. The van der Waals surface area contributed by atoms with Gasteiger partial charge >= 0.3 is 0 Å². The van der Waals surface area contributed by atoms with Gasteiger partial charge in [-0.2, -0.15) is 10.5 Å². The lowest BCUT2D eigenvalue weighted by atomic mass is 10.0. The van der Waals surface area contributed by atoms with Crippen molar-refractivity contribution in [3.8, 4) is 34.5 Å². The third-order valence-electron chi connectivity index (χ3n) is 6.49. The van der Waals surface area contributed by atoms with Crippen LogP contribution in [0.4, 0.5) is 0 Å². The van der Waals surface area contributed by atoms with E-state index in [1.807, 2.05) is 43.3 Å². The van der Waals surface area contributed by atoms with Crippen LogP contribution in [-0.2, 0) is 6.54 Å². The summed E-state index contributed by atoms with van der Waals surface area (Å²) in [4.78, 5) is 7.48. The summed E-state index contributed by atoms with van der Waals surface area (Å²) in [7, 11) is 0. The minimum atomic E-state index is 0.645. The minimum Gasteiger partial charge on any atom is -0.315 e. The molecular weight excluding hydrogens is 420 g/mol. The summed E-state index contributed by atoms with van der Waals surface area (Å²) in [6.07, 6.45) is 3.28. The smallest absolute Gasteiger partial charge is 0.137 e. The quantitative estimate of drug-likeness (QED) is 0.499. The largest absolute Gasteiger partial charge is 0.315 e. The van der Waals surface area contributed by atoms with E-state index in [0.717, 1.165) is 78.4 Å². The first-order valence-electron chi connectivity index (χ1n) is 11.6. The summed E-state index contributed by atoms with van der Waals surface area (Å²) >= 11 is 0. The van der Waals surface area contributed by atoms with Crippen molar-refractivity contribution < 1.29 is 0 Å². The molecule has 6 nitrogen and oxygen atoms in total. The first kappa shape index (κ1) is 21.9. The molecule has 0 bridgehead atoms. The average molecular weight is 447 g/mol. The standard InChI is InChI=1S/C28H26N6/c1-20-15-23(7-8-24(20)17-30)25-9-10-27-32-28(22-5-3-21(16-29)4-6-22)26(34(27)18-25)19-33-13-2-11-31-12-14-33/h3-10,15,18,31H,2,11-14,19H2,1H3. The Labute approximate surface area is 199 Å². The summed E-state index contributed by atoms with van der Waals surface area (Å²) in [5.41, 5.74) is 8.50. The average Bonchev–Trinajstić information content (AvgIpc) is 3.02. The molecule has 168 valence electrons. The molecule has 0 radical (unpaired) electrons. The topological polar surface area (TPSA) is 80.2 Å². The van der Waals surface area contributed by atoms with E-state index in [4.69, 9.17) is 4.98 Å². The normalized spacial score (nSPS) is 14.4. The Hall–Kier alpha value is -3.97. The molecule has 0 amide bonds. The van der Waals surface area contributed by atoms with Crippen molar-refractivity contribution in [2.45, 2.75) is 19.9 Å². The van der Waals surface area contributed by atoms with Crippen LogP contribution >= 0.6 is 0 Å². The number of aromatic nitrogens is 2. The van der Waals surface area contributed by atoms with Gasteiger partial charge in [0, 0.05) is 31.4 Å². The molecule has 5 rings (SSSR count). The fourth-order valence-corrected chi connectivity index (χ4v) is 4.59. The van der Waals surface area contributed by atoms with E-state index in [-0.39, 0.29) is 0 Å². The number of aryl methyl sites for hydroxylation is 1. The molecule has 0 unspecified atom stereocenters. The monoisotopic (exact) mass is 446 g/mol. The molecule has 34 heavy (non-hydrogen) atoms. The fraction of sp³-hybridized carbons (Fsp3) is 0.250. The van der Waals surface area contributed by atoms with Crippen LogP contribution in [0.1, 0.15) is 28.8 Å². The molecule has 0 atom stereocenters.